The maximum absolute atomic E-state index is 11.5. The Kier molecular flexibility index (Phi) is 7.13. The molecule has 7 heteroatoms. The molecule has 2 rings (SSSR count). The summed E-state index contributed by atoms with van der Waals surface area (Å²) in [6, 6.07) is 0. The van der Waals surface area contributed by atoms with Gasteiger partial charge >= 0.3 is 0 Å². The topological polar surface area (TPSA) is 70.7 Å². The van der Waals surface area contributed by atoms with Crippen molar-refractivity contribution in [1.82, 2.24) is 10.2 Å². The number of nitrogens with two attached hydrogens (primary N) is 1. The second-order valence-electron chi connectivity index (χ2n) is 4.52. The summed E-state index contributed by atoms with van der Waals surface area (Å²) in [5, 5.41) is 2.88. The predicted molar refractivity (Wildman–Crippen MR) is 86.5 cm³/mol. The SMILES string of the molecule is I.NC(=NCC(=O)NCC1CC1)N1CCSCC1. The van der Waals surface area contributed by atoms with Crippen molar-refractivity contribution in [1.29, 1.82) is 0 Å². The molecule has 0 bridgehead atoms. The second kappa shape index (κ2) is 8.08. The number of amides is 1. The smallest absolute Gasteiger partial charge is 0.241 e. The summed E-state index contributed by atoms with van der Waals surface area (Å²) >= 11 is 1.93. The van der Waals surface area contributed by atoms with Crippen molar-refractivity contribution in [3.05, 3.63) is 0 Å². The molecular weight excluding hydrogens is 363 g/mol. The summed E-state index contributed by atoms with van der Waals surface area (Å²) in [4.78, 5) is 17.7. The average Bonchev–Trinajstić information content (AvgIpc) is 3.18. The van der Waals surface area contributed by atoms with Crippen LogP contribution >= 0.6 is 35.7 Å². The van der Waals surface area contributed by atoms with Gasteiger partial charge < -0.3 is 16.0 Å². The zero-order valence-corrected chi connectivity index (χ0v) is 13.6. The van der Waals surface area contributed by atoms with Crippen molar-refractivity contribution in [2.24, 2.45) is 16.6 Å². The van der Waals surface area contributed by atoms with Crippen molar-refractivity contribution in [3.8, 4) is 0 Å². The van der Waals surface area contributed by atoms with Crippen LogP contribution in [0.1, 0.15) is 12.8 Å². The van der Waals surface area contributed by atoms with Crippen molar-refractivity contribution >= 4 is 47.6 Å². The molecule has 0 aromatic heterocycles. The van der Waals surface area contributed by atoms with Crippen molar-refractivity contribution < 1.29 is 4.79 Å². The zero-order valence-electron chi connectivity index (χ0n) is 10.4. The summed E-state index contributed by atoms with van der Waals surface area (Å²) in [6.45, 7) is 2.82. The fourth-order valence-corrected chi connectivity index (χ4v) is 2.58. The molecule has 0 radical (unpaired) electrons. The predicted octanol–water partition coefficient (Wildman–Crippen LogP) is 0.494. The fourth-order valence-electron chi connectivity index (χ4n) is 1.68. The van der Waals surface area contributed by atoms with Crippen LogP contribution < -0.4 is 11.1 Å². The molecule has 18 heavy (non-hydrogen) atoms. The van der Waals surface area contributed by atoms with Crippen LogP contribution in [0, 0.1) is 5.92 Å². The normalized spacial score (nSPS) is 20.2. The third kappa shape index (κ3) is 5.64. The fraction of sp³-hybridized carbons (Fsp3) is 0.818. The lowest BCUT2D eigenvalue weighted by atomic mass is 10.4. The lowest BCUT2D eigenvalue weighted by molar-refractivity contribution is -0.119. The minimum Gasteiger partial charge on any atom is -0.370 e. The third-order valence-corrected chi connectivity index (χ3v) is 3.95. The van der Waals surface area contributed by atoms with E-state index in [-0.39, 0.29) is 36.4 Å². The highest BCUT2D eigenvalue weighted by Gasteiger charge is 2.21. The van der Waals surface area contributed by atoms with Gasteiger partial charge in [0.15, 0.2) is 5.96 Å². The van der Waals surface area contributed by atoms with Crippen LogP contribution in [-0.2, 0) is 4.79 Å². The largest absolute Gasteiger partial charge is 0.370 e. The highest BCUT2D eigenvalue weighted by atomic mass is 127. The molecule has 5 nitrogen and oxygen atoms in total. The van der Waals surface area contributed by atoms with E-state index in [4.69, 9.17) is 5.73 Å². The first-order valence-corrected chi connectivity index (χ1v) is 7.30. The molecule has 1 saturated heterocycles. The Morgan fingerprint density at radius 2 is 2.06 bits per heavy atom. The highest BCUT2D eigenvalue weighted by molar-refractivity contribution is 14.0. The molecule has 104 valence electrons. The van der Waals surface area contributed by atoms with E-state index in [1.807, 2.05) is 16.7 Å². The number of thioether (sulfide) groups is 1. The lowest BCUT2D eigenvalue weighted by Gasteiger charge is -2.27. The molecule has 3 N–H and O–H groups in total. The van der Waals surface area contributed by atoms with Crippen molar-refractivity contribution in [2.75, 3.05) is 37.7 Å². The van der Waals surface area contributed by atoms with Crippen molar-refractivity contribution in [3.63, 3.8) is 0 Å². The summed E-state index contributed by atoms with van der Waals surface area (Å²) in [5.74, 6) is 3.37. The van der Waals surface area contributed by atoms with Crippen LogP contribution in [0.5, 0.6) is 0 Å². The van der Waals surface area contributed by atoms with Gasteiger partial charge in [-0.2, -0.15) is 11.8 Å². The van der Waals surface area contributed by atoms with Gasteiger partial charge in [0.2, 0.25) is 5.91 Å². The van der Waals surface area contributed by atoms with E-state index in [1.165, 1.54) is 12.8 Å². The molecular formula is C11H21IN4OS. The maximum atomic E-state index is 11.5. The number of hydrogen-bond donors (Lipinski definition) is 2. The number of hydrogen-bond acceptors (Lipinski definition) is 3. The molecule has 2 aliphatic rings. The Hall–Kier alpha value is -0.180. The highest BCUT2D eigenvalue weighted by Crippen LogP contribution is 2.27. The van der Waals surface area contributed by atoms with Crippen LogP contribution in [0.25, 0.3) is 0 Å². The molecule has 0 aromatic rings. The average molecular weight is 384 g/mol. The van der Waals surface area contributed by atoms with Crippen LogP contribution in [-0.4, -0.2) is 54.5 Å². The lowest BCUT2D eigenvalue weighted by Crippen LogP contribution is -2.43. The number of halogens is 1. The Bertz CT molecular complexity index is 303. The molecule has 2 fully saturated rings. The molecule has 1 aliphatic heterocycles. The van der Waals surface area contributed by atoms with E-state index in [9.17, 15) is 4.79 Å². The summed E-state index contributed by atoms with van der Waals surface area (Å²) < 4.78 is 0. The third-order valence-electron chi connectivity index (χ3n) is 3.00. The van der Waals surface area contributed by atoms with Gasteiger partial charge in [-0.05, 0) is 18.8 Å². The van der Waals surface area contributed by atoms with E-state index in [2.05, 4.69) is 10.3 Å². The van der Waals surface area contributed by atoms with Crippen LogP contribution in [0.3, 0.4) is 0 Å². The summed E-state index contributed by atoms with van der Waals surface area (Å²) in [7, 11) is 0. The molecule has 1 heterocycles. The first-order chi connectivity index (χ1) is 8.25. The molecule has 1 aliphatic carbocycles. The van der Waals surface area contributed by atoms with Crippen LogP contribution in [0.15, 0.2) is 4.99 Å². The quantitative estimate of drug-likeness (QED) is 0.421. The van der Waals surface area contributed by atoms with Gasteiger partial charge in [0, 0.05) is 31.1 Å². The van der Waals surface area contributed by atoms with E-state index < -0.39 is 0 Å². The van der Waals surface area contributed by atoms with E-state index in [1.54, 1.807) is 0 Å². The molecule has 0 spiro atoms. The Balaban J connectivity index is 0.00000162. The van der Waals surface area contributed by atoms with Gasteiger partial charge in [-0.3, -0.25) is 4.79 Å². The molecule has 0 aromatic carbocycles. The molecule has 0 unspecified atom stereocenters. The number of carbonyl (C=O) groups is 1. The number of aliphatic imine (C=N–C) groups is 1. The number of nitrogens with zero attached hydrogens (tertiary/aromatic N) is 2. The number of nitrogens with one attached hydrogen (secondary N) is 1. The Labute approximate surface area is 129 Å². The summed E-state index contributed by atoms with van der Waals surface area (Å²) in [5.41, 5.74) is 5.85. The zero-order chi connectivity index (χ0) is 12.1. The molecule has 1 amide bonds. The number of guanidine groups is 1. The van der Waals surface area contributed by atoms with Gasteiger partial charge in [0.1, 0.15) is 6.54 Å². The summed E-state index contributed by atoms with van der Waals surface area (Å²) in [6.07, 6.45) is 2.49. The van der Waals surface area contributed by atoms with Crippen molar-refractivity contribution in [2.45, 2.75) is 12.8 Å². The first-order valence-electron chi connectivity index (χ1n) is 6.15. The van der Waals surface area contributed by atoms with Gasteiger partial charge in [-0.25, -0.2) is 4.99 Å². The first kappa shape index (κ1) is 15.9. The van der Waals surface area contributed by atoms with Crippen LogP contribution in [0.4, 0.5) is 0 Å². The van der Waals surface area contributed by atoms with Gasteiger partial charge in [0.05, 0.1) is 0 Å². The van der Waals surface area contributed by atoms with Gasteiger partial charge in [0.25, 0.3) is 0 Å². The van der Waals surface area contributed by atoms with E-state index in [0.29, 0.717) is 11.9 Å². The maximum Gasteiger partial charge on any atom is 0.241 e. The van der Waals surface area contributed by atoms with E-state index >= 15 is 0 Å². The monoisotopic (exact) mass is 384 g/mol. The number of rotatable bonds is 4. The minimum absolute atomic E-state index is 0. The molecule has 0 atom stereocenters. The van der Waals surface area contributed by atoms with Crippen LogP contribution in [0.2, 0.25) is 0 Å². The number of carbonyl (C=O) groups excluding carboxylic acids is 1. The second-order valence-corrected chi connectivity index (χ2v) is 5.75. The molecule has 1 saturated carbocycles. The van der Waals surface area contributed by atoms with Gasteiger partial charge in [-0.1, -0.05) is 0 Å². The van der Waals surface area contributed by atoms with Gasteiger partial charge in [-0.15, -0.1) is 24.0 Å². The minimum atomic E-state index is -0.0220. The standard InChI is InChI=1S/C11H20N4OS.HI/c12-11(15-3-5-17-6-4-15)14-8-10(16)13-7-9-1-2-9;/h9H,1-8H2,(H2,12,14)(H,13,16);1H. The Morgan fingerprint density at radius 1 is 1.39 bits per heavy atom. The van der Waals surface area contributed by atoms with E-state index in [0.717, 1.165) is 31.1 Å². The Morgan fingerprint density at radius 3 is 2.67 bits per heavy atom.